The van der Waals surface area contributed by atoms with E-state index in [0.29, 0.717) is 39.6 Å². The molecule has 5 aliphatic carbocycles. The molecule has 0 aromatic heterocycles. The Labute approximate surface area is 224 Å². The third-order valence-electron chi connectivity index (χ3n) is 14.5. The van der Waals surface area contributed by atoms with E-state index < -0.39 is 0 Å². The minimum absolute atomic E-state index is 0.0430. The number of carbonyl (C=O) groups excluding carboxylic acids is 1. The number of ether oxygens (including phenoxy) is 2. The molecule has 2 saturated heterocycles. The van der Waals surface area contributed by atoms with E-state index >= 15 is 0 Å². The van der Waals surface area contributed by atoms with E-state index in [9.17, 15) is 9.90 Å². The van der Waals surface area contributed by atoms with Crippen LogP contribution in [0, 0.1) is 44.8 Å². The van der Waals surface area contributed by atoms with Gasteiger partial charge in [0.05, 0.1) is 18.3 Å². The van der Waals surface area contributed by atoms with Crippen LogP contribution < -0.4 is 0 Å². The summed E-state index contributed by atoms with van der Waals surface area (Å²) in [6.45, 7) is 13.8. The van der Waals surface area contributed by atoms with Gasteiger partial charge in [-0.25, -0.2) is 4.79 Å². The van der Waals surface area contributed by atoms with Gasteiger partial charge in [-0.15, -0.1) is 0 Å². The van der Waals surface area contributed by atoms with Crippen molar-refractivity contribution >= 4 is 6.09 Å². The molecule has 1 amide bonds. The molecule has 1 N–H and O–H groups in total. The Balaban J connectivity index is 1.12. The van der Waals surface area contributed by atoms with Crippen LogP contribution in [-0.4, -0.2) is 53.6 Å². The van der Waals surface area contributed by atoms with E-state index in [1.54, 1.807) is 0 Å². The second kappa shape index (κ2) is 7.89. The van der Waals surface area contributed by atoms with Crippen LogP contribution in [0.4, 0.5) is 4.79 Å². The molecule has 37 heavy (non-hydrogen) atoms. The van der Waals surface area contributed by atoms with Crippen LogP contribution in [0.3, 0.4) is 0 Å². The van der Waals surface area contributed by atoms with E-state index in [0.717, 1.165) is 44.7 Å². The lowest BCUT2D eigenvalue weighted by molar-refractivity contribution is -0.163. The molecule has 11 atom stereocenters. The zero-order chi connectivity index (χ0) is 26.0. The first-order valence-electron chi connectivity index (χ1n) is 15.8. The van der Waals surface area contributed by atoms with E-state index in [4.69, 9.17) is 9.47 Å². The molecule has 5 saturated carbocycles. The van der Waals surface area contributed by atoms with Crippen molar-refractivity contribution in [1.82, 2.24) is 4.90 Å². The lowest BCUT2D eigenvalue weighted by atomic mass is 9.42. The predicted octanol–water partition coefficient (Wildman–Crippen LogP) is 6.56. The fourth-order valence-corrected chi connectivity index (χ4v) is 12.2. The van der Waals surface area contributed by atoms with Crippen molar-refractivity contribution in [3.8, 4) is 0 Å². The van der Waals surface area contributed by atoms with Gasteiger partial charge in [0.15, 0.2) is 0 Å². The van der Waals surface area contributed by atoms with Crippen LogP contribution in [0.2, 0.25) is 0 Å². The number of nitrogens with zero attached hydrogens (tertiary/aromatic N) is 1. The minimum Gasteiger partial charge on any atom is -0.443 e. The summed E-state index contributed by atoms with van der Waals surface area (Å²) in [5.74, 6) is 2.11. The van der Waals surface area contributed by atoms with E-state index in [-0.39, 0.29) is 29.8 Å². The summed E-state index contributed by atoms with van der Waals surface area (Å²) >= 11 is 0. The number of carbonyl (C=O) groups is 1. The van der Waals surface area contributed by atoms with Crippen molar-refractivity contribution in [2.45, 2.75) is 136 Å². The van der Waals surface area contributed by atoms with Crippen molar-refractivity contribution in [3.05, 3.63) is 0 Å². The van der Waals surface area contributed by atoms with Crippen LogP contribution in [0.15, 0.2) is 0 Å². The quantitative estimate of drug-likeness (QED) is 0.464. The molecule has 0 aromatic rings. The molecule has 7 aliphatic rings. The van der Waals surface area contributed by atoms with Crippen LogP contribution >= 0.6 is 0 Å². The summed E-state index contributed by atoms with van der Waals surface area (Å²) in [6.07, 6.45) is 14.3. The maximum Gasteiger partial charge on any atom is 0.410 e. The molecule has 7 rings (SSSR count). The average molecular weight is 514 g/mol. The Hall–Kier alpha value is -0.810. The summed E-state index contributed by atoms with van der Waals surface area (Å²) < 4.78 is 13.0. The largest absolute Gasteiger partial charge is 0.443 e. The molecule has 4 unspecified atom stereocenters. The molecule has 5 nitrogen and oxygen atoms in total. The van der Waals surface area contributed by atoms with Crippen LogP contribution in [-0.2, 0) is 9.47 Å². The van der Waals surface area contributed by atoms with Gasteiger partial charge in [0.25, 0.3) is 0 Å². The lowest BCUT2D eigenvalue weighted by Gasteiger charge is -2.63. The van der Waals surface area contributed by atoms with Crippen molar-refractivity contribution < 1.29 is 19.4 Å². The number of hydrogen-bond acceptors (Lipinski definition) is 4. The number of likely N-dealkylation sites (tertiary alicyclic amines) is 1. The van der Waals surface area contributed by atoms with Gasteiger partial charge in [-0.2, -0.15) is 0 Å². The Bertz CT molecular complexity index is 962. The maximum absolute atomic E-state index is 12.6. The zero-order valence-electron chi connectivity index (χ0n) is 24.1. The topological polar surface area (TPSA) is 59.0 Å². The van der Waals surface area contributed by atoms with Gasteiger partial charge < -0.3 is 19.5 Å². The van der Waals surface area contributed by atoms with Crippen molar-refractivity contribution in [1.29, 1.82) is 0 Å². The number of rotatable bonds is 3. The monoisotopic (exact) mass is 513 g/mol. The van der Waals surface area contributed by atoms with Gasteiger partial charge in [-0.3, -0.25) is 0 Å². The number of amides is 1. The first kappa shape index (κ1) is 25.2. The third kappa shape index (κ3) is 3.03. The maximum atomic E-state index is 12.6. The Kier molecular flexibility index (Phi) is 5.37. The standard InChI is InChI=1S/C32H51NO4/c1-6-21(37-27(35)33-16-7-17-33)22-9-8-20-23(36-22)18-30(5)25-11-10-24-28(2,3)26(34)12-13-31(24)19-32(25,31)15-14-29(20,30)4/h20-26,34H,6-19H2,1-5H3/t20-,21+,22?,23?,24-,25?,26-,29+,30-,31?,32-/m0/s1. The smallest absolute Gasteiger partial charge is 0.410 e. The highest BCUT2D eigenvalue weighted by atomic mass is 16.6. The second-order valence-electron chi connectivity index (χ2n) is 15.7. The summed E-state index contributed by atoms with van der Waals surface area (Å²) in [7, 11) is 0. The predicted molar refractivity (Wildman–Crippen MR) is 143 cm³/mol. The molecule has 7 fully saturated rings. The van der Waals surface area contributed by atoms with Gasteiger partial charge in [0, 0.05) is 13.1 Å². The average Bonchev–Trinajstić information content (AvgIpc) is 3.43. The number of aliphatic hydroxyl groups is 1. The van der Waals surface area contributed by atoms with E-state index in [2.05, 4.69) is 34.6 Å². The van der Waals surface area contributed by atoms with Crippen molar-refractivity contribution in [3.63, 3.8) is 0 Å². The van der Waals surface area contributed by atoms with Gasteiger partial charge in [-0.1, -0.05) is 34.6 Å². The summed E-state index contributed by atoms with van der Waals surface area (Å²) in [4.78, 5) is 14.4. The second-order valence-corrected chi connectivity index (χ2v) is 15.7. The molecule has 0 radical (unpaired) electrons. The van der Waals surface area contributed by atoms with Crippen molar-refractivity contribution in [2.24, 2.45) is 44.8 Å². The normalized spacial score (nSPS) is 53.9. The number of hydrogen-bond donors (Lipinski definition) is 1. The van der Waals surface area contributed by atoms with E-state index in [1.165, 1.54) is 51.4 Å². The van der Waals surface area contributed by atoms with E-state index in [1.807, 2.05) is 4.90 Å². The lowest BCUT2D eigenvalue weighted by Crippen LogP contribution is -2.57. The van der Waals surface area contributed by atoms with Crippen LogP contribution in [0.5, 0.6) is 0 Å². The molecular weight excluding hydrogens is 462 g/mol. The van der Waals surface area contributed by atoms with Gasteiger partial charge in [-0.05, 0) is 122 Å². The summed E-state index contributed by atoms with van der Waals surface area (Å²) in [5, 5.41) is 10.9. The first-order chi connectivity index (χ1) is 17.5. The zero-order valence-corrected chi connectivity index (χ0v) is 24.1. The Morgan fingerprint density at radius 2 is 1.70 bits per heavy atom. The highest BCUT2D eigenvalue weighted by molar-refractivity contribution is 5.68. The molecule has 0 aromatic carbocycles. The molecule has 0 bridgehead atoms. The first-order valence-corrected chi connectivity index (χ1v) is 15.8. The van der Waals surface area contributed by atoms with Gasteiger partial charge in [0.2, 0.25) is 0 Å². The van der Waals surface area contributed by atoms with Crippen LogP contribution in [0.25, 0.3) is 0 Å². The Morgan fingerprint density at radius 3 is 2.41 bits per heavy atom. The third-order valence-corrected chi connectivity index (χ3v) is 14.5. The Morgan fingerprint density at radius 1 is 0.973 bits per heavy atom. The van der Waals surface area contributed by atoms with Gasteiger partial charge in [0.1, 0.15) is 6.10 Å². The van der Waals surface area contributed by atoms with Crippen molar-refractivity contribution in [2.75, 3.05) is 13.1 Å². The molecule has 2 aliphatic heterocycles. The number of fused-ring (bicyclic) bond motifs is 4. The SMILES string of the molecule is CC[C@@H](OC(=O)N1CCC1)C1CC[C@H]2C(C[C@@]3(C)C4CC[C@H]5C(C)(C)[C@@H](O)CCC56C[C@@]46CC[C@]23C)O1. The molecule has 2 spiro atoms. The fraction of sp³-hybridized carbons (Fsp3) is 0.969. The minimum atomic E-state index is -0.138. The summed E-state index contributed by atoms with van der Waals surface area (Å²) in [6, 6.07) is 0. The molecule has 2 heterocycles. The molecule has 208 valence electrons. The van der Waals surface area contributed by atoms with Gasteiger partial charge >= 0.3 is 6.09 Å². The summed E-state index contributed by atoms with van der Waals surface area (Å²) in [5.41, 5.74) is 1.71. The highest BCUT2D eigenvalue weighted by Crippen LogP contribution is 2.89. The fourth-order valence-electron chi connectivity index (χ4n) is 12.2. The van der Waals surface area contributed by atoms with Crippen LogP contribution in [0.1, 0.15) is 112 Å². The molecule has 5 heteroatoms. The number of aliphatic hydroxyl groups excluding tert-OH is 1. The highest BCUT2D eigenvalue weighted by Gasteiger charge is 2.82. The molecular formula is C32H51NO4.